The number of anilines is 2. The smallest absolute Gasteiger partial charge is 0.416 e. The van der Waals surface area contributed by atoms with Gasteiger partial charge in [0.1, 0.15) is 18.1 Å². The van der Waals surface area contributed by atoms with E-state index in [0.717, 1.165) is 4.90 Å². The van der Waals surface area contributed by atoms with Gasteiger partial charge in [-0.05, 0) is 25.5 Å². The molecule has 1 aliphatic heterocycles. The van der Waals surface area contributed by atoms with Crippen molar-refractivity contribution in [1.82, 2.24) is 15.0 Å². The lowest BCUT2D eigenvalue weighted by Gasteiger charge is -2.22. The predicted molar refractivity (Wildman–Crippen MR) is 105 cm³/mol. The number of nitro groups is 1. The van der Waals surface area contributed by atoms with Crippen molar-refractivity contribution < 1.29 is 23.9 Å². The van der Waals surface area contributed by atoms with Crippen LogP contribution in [0.2, 0.25) is 0 Å². The molecule has 158 valence electrons. The van der Waals surface area contributed by atoms with E-state index in [1.54, 1.807) is 19.1 Å². The van der Waals surface area contributed by atoms with Crippen LogP contribution >= 0.6 is 0 Å². The average molecular weight is 416 g/mol. The number of hydrogen-bond donors (Lipinski definition) is 1. The molecule has 0 aromatic carbocycles. The summed E-state index contributed by atoms with van der Waals surface area (Å²) in [5, 5.41) is 11.7. The highest BCUT2D eigenvalue weighted by atomic mass is 16.6. The summed E-state index contributed by atoms with van der Waals surface area (Å²) < 4.78 is 16.2. The number of carbonyl (C=O) groups excluding carboxylic acids is 1. The fourth-order valence-electron chi connectivity index (χ4n) is 2.66. The lowest BCUT2D eigenvalue weighted by Crippen LogP contribution is -2.33. The molecule has 2 bridgehead atoms. The summed E-state index contributed by atoms with van der Waals surface area (Å²) in [7, 11) is 0. The minimum atomic E-state index is -0.867. The molecule has 2 aromatic heterocycles. The van der Waals surface area contributed by atoms with Crippen LogP contribution in [-0.4, -0.2) is 45.8 Å². The Hall–Kier alpha value is -3.96. The molecule has 0 unspecified atom stereocenters. The van der Waals surface area contributed by atoms with Gasteiger partial charge in [-0.25, -0.2) is 9.69 Å². The molecule has 0 radical (unpaired) electrons. The van der Waals surface area contributed by atoms with Crippen LogP contribution in [0.5, 0.6) is 11.8 Å². The zero-order valence-corrected chi connectivity index (χ0v) is 16.2. The van der Waals surface area contributed by atoms with Crippen LogP contribution in [0, 0.1) is 10.1 Å². The minimum Gasteiger partial charge on any atom is -0.488 e. The first-order valence-electron chi connectivity index (χ1n) is 9.12. The highest BCUT2D eigenvalue weighted by Gasteiger charge is 2.33. The van der Waals surface area contributed by atoms with Crippen LogP contribution < -0.4 is 20.1 Å². The lowest BCUT2D eigenvalue weighted by molar-refractivity contribution is -0.383. The van der Waals surface area contributed by atoms with Gasteiger partial charge in [0.2, 0.25) is 11.6 Å². The number of ether oxygens (including phenoxy) is 3. The van der Waals surface area contributed by atoms with Crippen LogP contribution in [-0.2, 0) is 11.3 Å². The number of aromatic nitrogens is 3. The molecule has 1 amide bonds. The van der Waals surface area contributed by atoms with Gasteiger partial charge in [0.25, 0.3) is 0 Å². The molecule has 3 heterocycles. The number of nitrogens with zero attached hydrogens (tertiary/aromatic N) is 5. The van der Waals surface area contributed by atoms with Crippen molar-refractivity contribution >= 4 is 23.4 Å². The van der Waals surface area contributed by atoms with Crippen LogP contribution in [0.1, 0.15) is 19.0 Å². The number of nitrogens with two attached hydrogens (primary N) is 1. The Bertz CT molecular complexity index is 966. The van der Waals surface area contributed by atoms with E-state index >= 15 is 0 Å². The van der Waals surface area contributed by atoms with Gasteiger partial charge in [0, 0.05) is 6.20 Å². The van der Waals surface area contributed by atoms with Crippen molar-refractivity contribution in [2.75, 3.05) is 30.5 Å². The fraction of sp³-hybridized carbons (Fsp3) is 0.333. The second-order valence-corrected chi connectivity index (χ2v) is 5.97. The summed E-state index contributed by atoms with van der Waals surface area (Å²) >= 11 is 0. The van der Waals surface area contributed by atoms with E-state index in [1.165, 1.54) is 6.20 Å². The molecular weight excluding hydrogens is 396 g/mol. The molecule has 0 atom stereocenters. The van der Waals surface area contributed by atoms with Gasteiger partial charge in [0.05, 0.1) is 24.7 Å². The average Bonchev–Trinajstić information content (AvgIpc) is 2.71. The second-order valence-electron chi connectivity index (χ2n) is 5.97. The Kier molecular flexibility index (Phi) is 6.57. The van der Waals surface area contributed by atoms with E-state index in [2.05, 4.69) is 15.0 Å². The number of fused-ring (bicyclic) bond motifs is 3. The Labute approximate surface area is 171 Å². The molecule has 0 aliphatic carbocycles. The van der Waals surface area contributed by atoms with Gasteiger partial charge >= 0.3 is 17.8 Å². The molecule has 0 saturated heterocycles. The van der Waals surface area contributed by atoms with Crippen molar-refractivity contribution in [2.24, 2.45) is 0 Å². The number of carbonyl (C=O) groups is 1. The van der Waals surface area contributed by atoms with Gasteiger partial charge < -0.3 is 19.9 Å². The molecule has 2 N–H and O–H groups in total. The van der Waals surface area contributed by atoms with E-state index in [0.29, 0.717) is 17.9 Å². The van der Waals surface area contributed by atoms with Gasteiger partial charge in [-0.3, -0.25) is 15.1 Å². The largest absolute Gasteiger partial charge is 0.488 e. The van der Waals surface area contributed by atoms with Crippen LogP contribution in [0.3, 0.4) is 0 Å². The van der Waals surface area contributed by atoms with E-state index < -0.39 is 22.5 Å². The zero-order valence-electron chi connectivity index (χ0n) is 16.2. The molecule has 2 aromatic rings. The molecule has 12 heteroatoms. The molecule has 12 nitrogen and oxygen atoms in total. The normalized spacial score (nSPS) is 15.0. The van der Waals surface area contributed by atoms with Crippen molar-refractivity contribution in [3.8, 4) is 11.8 Å². The summed E-state index contributed by atoms with van der Waals surface area (Å²) in [5.41, 5.74) is 5.51. The first-order chi connectivity index (χ1) is 14.5. The molecule has 30 heavy (non-hydrogen) atoms. The van der Waals surface area contributed by atoms with E-state index in [-0.39, 0.29) is 38.2 Å². The Morgan fingerprint density at radius 3 is 2.97 bits per heavy atom. The van der Waals surface area contributed by atoms with Crippen molar-refractivity contribution in [2.45, 2.75) is 19.9 Å². The first kappa shape index (κ1) is 20.8. The summed E-state index contributed by atoms with van der Waals surface area (Å²) in [6.45, 7) is 1.91. The monoisotopic (exact) mass is 416 g/mol. The maximum atomic E-state index is 12.7. The quantitative estimate of drug-likeness (QED) is 0.437. The number of amides is 1. The fourth-order valence-corrected chi connectivity index (χ4v) is 2.66. The highest BCUT2D eigenvalue weighted by Crippen LogP contribution is 2.34. The molecule has 0 saturated carbocycles. The Balaban J connectivity index is 2.17. The van der Waals surface area contributed by atoms with Crippen molar-refractivity contribution in [3.63, 3.8) is 0 Å². The third-order valence-electron chi connectivity index (χ3n) is 3.97. The highest BCUT2D eigenvalue weighted by molar-refractivity contribution is 5.90. The predicted octanol–water partition coefficient (Wildman–Crippen LogP) is 2.24. The van der Waals surface area contributed by atoms with Gasteiger partial charge in [-0.1, -0.05) is 12.2 Å². The number of rotatable bonds is 2. The maximum Gasteiger partial charge on any atom is 0.416 e. The molecular formula is C18H20N6O6. The van der Waals surface area contributed by atoms with Crippen LogP contribution in [0.25, 0.3) is 0 Å². The number of pyridine rings is 1. The van der Waals surface area contributed by atoms with Crippen molar-refractivity contribution in [1.29, 1.82) is 0 Å². The van der Waals surface area contributed by atoms with Gasteiger partial charge in [-0.2, -0.15) is 9.97 Å². The summed E-state index contributed by atoms with van der Waals surface area (Å²) in [6.07, 6.45) is 4.82. The van der Waals surface area contributed by atoms with Gasteiger partial charge in [0.15, 0.2) is 0 Å². The summed E-state index contributed by atoms with van der Waals surface area (Å²) in [6, 6.07) is 3.17. The topological polar surface area (TPSA) is 156 Å². The lowest BCUT2D eigenvalue weighted by atomic mass is 10.3. The third-order valence-corrected chi connectivity index (χ3v) is 3.97. The minimum absolute atomic E-state index is 0.0451. The molecule has 0 fully saturated rings. The summed E-state index contributed by atoms with van der Waals surface area (Å²) in [5.74, 6) is -0.380. The Morgan fingerprint density at radius 1 is 1.37 bits per heavy atom. The van der Waals surface area contributed by atoms with E-state index in [4.69, 9.17) is 19.9 Å². The van der Waals surface area contributed by atoms with Crippen LogP contribution in [0.4, 0.5) is 22.1 Å². The molecule has 3 rings (SSSR count). The van der Waals surface area contributed by atoms with Gasteiger partial charge in [-0.15, -0.1) is 0 Å². The third kappa shape index (κ3) is 4.71. The van der Waals surface area contributed by atoms with Crippen LogP contribution in [0.15, 0.2) is 30.5 Å². The number of nitrogen functional groups attached to an aromatic ring is 1. The van der Waals surface area contributed by atoms with Crippen molar-refractivity contribution in [3.05, 3.63) is 46.3 Å². The first-order valence-corrected chi connectivity index (χ1v) is 9.12. The molecule has 0 spiro atoms. The molecule has 1 aliphatic rings. The zero-order chi connectivity index (χ0) is 21.5. The standard InChI is InChI=1S/C18H20N6O6/c1-2-28-18(25)23-11-12-13(7-6-8-20-12)29-9-4-3-5-10-30-17-21-15(19)14(24(26)27)16(23)22-17/h3-4,6-8H,2,5,9-11H2,1H3,(H2,19,21,22)/b4-3+. The Morgan fingerprint density at radius 2 is 2.20 bits per heavy atom. The van der Waals surface area contributed by atoms with E-state index in [9.17, 15) is 14.9 Å². The summed E-state index contributed by atoms with van der Waals surface area (Å²) in [4.78, 5) is 36.7. The second kappa shape index (κ2) is 9.49. The maximum absolute atomic E-state index is 12.7. The SMILES string of the molecule is CCOC(=O)N1Cc2ncccc2OC/C=C/CCOc2nc(N)c([N+](=O)[O-])c1n2. The number of hydrogen-bond acceptors (Lipinski definition) is 10. The van der Waals surface area contributed by atoms with E-state index in [1.807, 2.05) is 12.2 Å².